The molecule has 1 aliphatic carbocycles. The van der Waals surface area contributed by atoms with Crippen LogP contribution >= 0.6 is 0 Å². The number of rotatable bonds is 3. The highest BCUT2D eigenvalue weighted by Gasteiger charge is 2.27. The van der Waals surface area contributed by atoms with Gasteiger partial charge in [0.25, 0.3) is 0 Å². The van der Waals surface area contributed by atoms with E-state index in [0.29, 0.717) is 6.04 Å². The quantitative estimate of drug-likeness (QED) is 0.875. The van der Waals surface area contributed by atoms with E-state index in [-0.39, 0.29) is 6.04 Å². The van der Waals surface area contributed by atoms with E-state index in [0.717, 1.165) is 17.7 Å². The standard InChI is InChI=1S/C13H24N4/c1-9-5-6-12(10(2)7-9)15-11(3)13-16-14-8-17(13)4/h8-12,15H,5-7H2,1-4H3. The van der Waals surface area contributed by atoms with E-state index in [2.05, 4.69) is 36.3 Å². The zero-order valence-corrected chi connectivity index (χ0v) is 11.3. The van der Waals surface area contributed by atoms with E-state index in [4.69, 9.17) is 0 Å². The first kappa shape index (κ1) is 12.6. The van der Waals surface area contributed by atoms with Crippen LogP contribution in [0.2, 0.25) is 0 Å². The maximum atomic E-state index is 4.17. The van der Waals surface area contributed by atoms with Crippen molar-refractivity contribution in [1.29, 1.82) is 0 Å². The van der Waals surface area contributed by atoms with Crippen molar-refractivity contribution in [3.05, 3.63) is 12.2 Å². The van der Waals surface area contributed by atoms with Crippen molar-refractivity contribution in [2.24, 2.45) is 18.9 Å². The monoisotopic (exact) mass is 236 g/mol. The average molecular weight is 236 g/mol. The lowest BCUT2D eigenvalue weighted by Crippen LogP contribution is -2.40. The summed E-state index contributed by atoms with van der Waals surface area (Å²) in [4.78, 5) is 0. The van der Waals surface area contributed by atoms with Crippen LogP contribution < -0.4 is 5.32 Å². The number of aryl methyl sites for hydroxylation is 1. The van der Waals surface area contributed by atoms with Gasteiger partial charge in [-0.2, -0.15) is 0 Å². The molecule has 0 aliphatic heterocycles. The highest BCUT2D eigenvalue weighted by molar-refractivity contribution is 4.94. The van der Waals surface area contributed by atoms with Crippen LogP contribution in [0, 0.1) is 11.8 Å². The Kier molecular flexibility index (Phi) is 3.82. The fraction of sp³-hybridized carbons (Fsp3) is 0.846. The minimum Gasteiger partial charge on any atom is -0.319 e. The van der Waals surface area contributed by atoms with Gasteiger partial charge >= 0.3 is 0 Å². The molecule has 0 amide bonds. The topological polar surface area (TPSA) is 42.7 Å². The largest absolute Gasteiger partial charge is 0.319 e. The van der Waals surface area contributed by atoms with Gasteiger partial charge < -0.3 is 9.88 Å². The third-order valence-corrected chi connectivity index (χ3v) is 4.03. The molecule has 0 bridgehead atoms. The van der Waals surface area contributed by atoms with Crippen LogP contribution in [0.1, 0.15) is 51.9 Å². The SMILES string of the molecule is CC1CCC(NC(C)c2nncn2C)C(C)C1. The number of hydrogen-bond donors (Lipinski definition) is 1. The molecule has 1 fully saturated rings. The Hall–Kier alpha value is -0.900. The Morgan fingerprint density at radius 3 is 2.76 bits per heavy atom. The lowest BCUT2D eigenvalue weighted by molar-refractivity contribution is 0.214. The van der Waals surface area contributed by atoms with Crippen molar-refractivity contribution in [2.45, 2.75) is 52.1 Å². The van der Waals surface area contributed by atoms with Crippen LogP contribution in [0.3, 0.4) is 0 Å². The Morgan fingerprint density at radius 1 is 1.41 bits per heavy atom. The van der Waals surface area contributed by atoms with E-state index >= 15 is 0 Å². The van der Waals surface area contributed by atoms with Gasteiger partial charge in [-0.05, 0) is 38.0 Å². The van der Waals surface area contributed by atoms with Crippen LogP contribution in [0.4, 0.5) is 0 Å². The maximum Gasteiger partial charge on any atom is 0.149 e. The molecule has 4 unspecified atom stereocenters. The van der Waals surface area contributed by atoms with E-state index < -0.39 is 0 Å². The Labute approximate surface area is 104 Å². The first-order valence-electron chi connectivity index (χ1n) is 6.68. The average Bonchev–Trinajstić information content (AvgIpc) is 2.68. The molecular formula is C13H24N4. The van der Waals surface area contributed by atoms with Crippen LogP contribution in [0.15, 0.2) is 6.33 Å². The highest BCUT2D eigenvalue weighted by Crippen LogP contribution is 2.29. The fourth-order valence-electron chi connectivity index (χ4n) is 2.99. The molecular weight excluding hydrogens is 212 g/mol. The van der Waals surface area contributed by atoms with Crippen molar-refractivity contribution in [2.75, 3.05) is 0 Å². The van der Waals surface area contributed by atoms with Gasteiger partial charge in [0.1, 0.15) is 12.2 Å². The fourth-order valence-corrected chi connectivity index (χ4v) is 2.99. The van der Waals surface area contributed by atoms with Crippen LogP contribution in [0.25, 0.3) is 0 Å². The predicted molar refractivity (Wildman–Crippen MR) is 68.5 cm³/mol. The molecule has 4 nitrogen and oxygen atoms in total. The van der Waals surface area contributed by atoms with Crippen molar-refractivity contribution >= 4 is 0 Å². The molecule has 1 saturated carbocycles. The molecule has 1 aromatic rings. The van der Waals surface area contributed by atoms with Crippen molar-refractivity contribution in [1.82, 2.24) is 20.1 Å². The summed E-state index contributed by atoms with van der Waals surface area (Å²) in [6.45, 7) is 6.89. The van der Waals surface area contributed by atoms with Crippen LogP contribution in [0.5, 0.6) is 0 Å². The van der Waals surface area contributed by atoms with Gasteiger partial charge in [-0.3, -0.25) is 0 Å². The highest BCUT2D eigenvalue weighted by atomic mass is 15.3. The van der Waals surface area contributed by atoms with E-state index in [9.17, 15) is 0 Å². The van der Waals surface area contributed by atoms with Gasteiger partial charge in [-0.15, -0.1) is 10.2 Å². The van der Waals surface area contributed by atoms with Gasteiger partial charge in [0, 0.05) is 13.1 Å². The smallest absolute Gasteiger partial charge is 0.149 e. The molecule has 0 spiro atoms. The Bertz CT molecular complexity index is 360. The molecule has 1 heterocycles. The maximum absolute atomic E-state index is 4.17. The molecule has 0 radical (unpaired) electrons. The molecule has 96 valence electrons. The first-order chi connectivity index (χ1) is 8.08. The number of hydrogen-bond acceptors (Lipinski definition) is 3. The number of nitrogens with one attached hydrogen (secondary N) is 1. The van der Waals surface area contributed by atoms with Crippen molar-refractivity contribution in [3.8, 4) is 0 Å². The summed E-state index contributed by atoms with van der Waals surface area (Å²) in [5.41, 5.74) is 0. The molecule has 4 heteroatoms. The van der Waals surface area contributed by atoms with Gasteiger partial charge in [0.2, 0.25) is 0 Å². The second-order valence-corrected chi connectivity index (χ2v) is 5.69. The van der Waals surface area contributed by atoms with Gasteiger partial charge in [0.05, 0.1) is 6.04 Å². The molecule has 0 saturated heterocycles. The zero-order chi connectivity index (χ0) is 12.4. The summed E-state index contributed by atoms with van der Waals surface area (Å²) in [5, 5.41) is 11.8. The zero-order valence-electron chi connectivity index (χ0n) is 11.3. The Balaban J connectivity index is 1.95. The summed E-state index contributed by atoms with van der Waals surface area (Å²) in [7, 11) is 2.00. The minimum absolute atomic E-state index is 0.281. The summed E-state index contributed by atoms with van der Waals surface area (Å²) >= 11 is 0. The molecule has 4 atom stereocenters. The third kappa shape index (κ3) is 2.86. The second kappa shape index (κ2) is 5.17. The van der Waals surface area contributed by atoms with Crippen LogP contribution in [-0.2, 0) is 7.05 Å². The van der Waals surface area contributed by atoms with Crippen molar-refractivity contribution in [3.63, 3.8) is 0 Å². The summed E-state index contributed by atoms with van der Waals surface area (Å²) < 4.78 is 1.99. The molecule has 2 rings (SSSR count). The second-order valence-electron chi connectivity index (χ2n) is 5.69. The lowest BCUT2D eigenvalue weighted by Gasteiger charge is -2.35. The predicted octanol–water partition coefficient (Wildman–Crippen LogP) is 2.29. The van der Waals surface area contributed by atoms with E-state index in [1.807, 2.05) is 11.6 Å². The summed E-state index contributed by atoms with van der Waals surface area (Å²) in [6.07, 6.45) is 5.72. The third-order valence-electron chi connectivity index (χ3n) is 4.03. The summed E-state index contributed by atoms with van der Waals surface area (Å²) in [6, 6.07) is 0.904. The Morgan fingerprint density at radius 2 is 2.18 bits per heavy atom. The molecule has 1 aromatic heterocycles. The molecule has 1 aliphatic rings. The number of nitrogens with zero attached hydrogens (tertiary/aromatic N) is 3. The van der Waals surface area contributed by atoms with Gasteiger partial charge in [-0.1, -0.05) is 13.8 Å². The van der Waals surface area contributed by atoms with Gasteiger partial charge in [-0.25, -0.2) is 0 Å². The van der Waals surface area contributed by atoms with Crippen LogP contribution in [-0.4, -0.2) is 20.8 Å². The normalized spacial score (nSPS) is 31.4. The molecule has 17 heavy (non-hydrogen) atoms. The lowest BCUT2D eigenvalue weighted by atomic mass is 9.79. The van der Waals surface area contributed by atoms with E-state index in [1.165, 1.54) is 19.3 Å². The summed E-state index contributed by atoms with van der Waals surface area (Å²) in [5.74, 6) is 2.67. The molecule has 0 aromatic carbocycles. The van der Waals surface area contributed by atoms with Crippen molar-refractivity contribution < 1.29 is 0 Å². The molecule has 1 N–H and O–H groups in total. The number of aromatic nitrogens is 3. The minimum atomic E-state index is 0.281. The van der Waals surface area contributed by atoms with Gasteiger partial charge in [0.15, 0.2) is 0 Å². The first-order valence-corrected chi connectivity index (χ1v) is 6.68. The van der Waals surface area contributed by atoms with E-state index in [1.54, 1.807) is 6.33 Å².